The zero-order valence-corrected chi connectivity index (χ0v) is 14.7. The van der Waals surface area contributed by atoms with Crippen LogP contribution in [-0.2, 0) is 4.79 Å². The molecular formula is C20H32O2. The van der Waals surface area contributed by atoms with Crippen molar-refractivity contribution in [2.24, 2.45) is 28.1 Å². The number of carboxylic acid groups (broad SMARTS) is 1. The van der Waals surface area contributed by atoms with Crippen LogP contribution in [0.1, 0.15) is 79.1 Å². The summed E-state index contributed by atoms with van der Waals surface area (Å²) in [7, 11) is 0. The summed E-state index contributed by atoms with van der Waals surface area (Å²) >= 11 is 0. The van der Waals surface area contributed by atoms with Crippen molar-refractivity contribution in [3.63, 3.8) is 0 Å². The van der Waals surface area contributed by atoms with E-state index < -0.39 is 11.4 Å². The van der Waals surface area contributed by atoms with Gasteiger partial charge in [0.1, 0.15) is 0 Å². The van der Waals surface area contributed by atoms with E-state index in [9.17, 15) is 9.90 Å². The van der Waals surface area contributed by atoms with E-state index in [4.69, 9.17) is 0 Å². The number of hydrogen-bond acceptors (Lipinski definition) is 1. The summed E-state index contributed by atoms with van der Waals surface area (Å²) in [5, 5.41) is 9.85. The maximum Gasteiger partial charge on any atom is 0.309 e. The van der Waals surface area contributed by atoms with Gasteiger partial charge in [-0.25, -0.2) is 0 Å². The van der Waals surface area contributed by atoms with Gasteiger partial charge in [0.25, 0.3) is 0 Å². The molecule has 0 bridgehead atoms. The molecule has 0 amide bonds. The van der Waals surface area contributed by atoms with Gasteiger partial charge in [-0.3, -0.25) is 4.79 Å². The molecule has 0 aromatic rings. The number of fused-ring (bicyclic) bond motifs is 3. The third-order valence-electron chi connectivity index (χ3n) is 7.85. The second-order valence-electron chi connectivity index (χ2n) is 9.08. The minimum Gasteiger partial charge on any atom is -0.481 e. The smallest absolute Gasteiger partial charge is 0.309 e. The minimum absolute atomic E-state index is 0.199. The molecule has 0 saturated heterocycles. The van der Waals surface area contributed by atoms with Crippen LogP contribution in [0.4, 0.5) is 0 Å². The van der Waals surface area contributed by atoms with Crippen LogP contribution >= 0.6 is 0 Å². The Bertz CT molecular complexity index is 508. The Morgan fingerprint density at radius 3 is 2.64 bits per heavy atom. The maximum atomic E-state index is 12.0. The average molecular weight is 304 g/mol. The van der Waals surface area contributed by atoms with Crippen LogP contribution in [0.2, 0.25) is 0 Å². The molecule has 3 rings (SSSR count). The van der Waals surface area contributed by atoms with Crippen LogP contribution in [-0.4, -0.2) is 11.1 Å². The Morgan fingerprint density at radius 2 is 2.00 bits per heavy atom. The first-order chi connectivity index (χ1) is 10.3. The van der Waals surface area contributed by atoms with Gasteiger partial charge >= 0.3 is 5.97 Å². The standard InChI is InChI=1S/C20H32O2/c1-5-18(2)12-9-15-14(13-18)7-8-16-19(15,3)10-6-11-20(16,4)17(21)22/h7,15-16H,5-6,8-13H2,1-4H3,(H,21,22)/t15-,16+,18-,19+,20+/m0/s1. The average Bonchev–Trinajstić information content (AvgIpc) is 2.46. The Morgan fingerprint density at radius 1 is 1.27 bits per heavy atom. The Labute approximate surface area is 135 Å². The SMILES string of the molecule is CC[C@@]1(C)CC[C@H]2C(=CC[C@@H]3[C@]2(C)CCC[C@@]3(C)C(=O)O)C1. The number of hydrogen-bond donors (Lipinski definition) is 1. The fourth-order valence-electron chi connectivity index (χ4n) is 6.04. The normalized spacial score (nSPS) is 48.1. The summed E-state index contributed by atoms with van der Waals surface area (Å²) in [6.45, 7) is 9.16. The van der Waals surface area contributed by atoms with Gasteiger partial charge in [0.15, 0.2) is 0 Å². The molecular weight excluding hydrogens is 272 g/mol. The number of carboxylic acids is 1. The van der Waals surface area contributed by atoms with Crippen molar-refractivity contribution in [3.05, 3.63) is 11.6 Å². The quantitative estimate of drug-likeness (QED) is 0.691. The summed E-state index contributed by atoms with van der Waals surface area (Å²) in [4.78, 5) is 12.0. The number of aliphatic carboxylic acids is 1. The molecule has 0 aromatic heterocycles. The van der Waals surface area contributed by atoms with E-state index in [2.05, 4.69) is 26.8 Å². The lowest BCUT2D eigenvalue weighted by Crippen LogP contribution is -2.53. The second kappa shape index (κ2) is 5.11. The maximum absolute atomic E-state index is 12.0. The molecule has 5 atom stereocenters. The van der Waals surface area contributed by atoms with Crippen LogP contribution in [0.5, 0.6) is 0 Å². The van der Waals surface area contributed by atoms with E-state index in [0.29, 0.717) is 17.3 Å². The fourth-order valence-corrected chi connectivity index (χ4v) is 6.04. The highest BCUT2D eigenvalue weighted by Gasteiger charge is 2.58. The molecule has 2 fully saturated rings. The van der Waals surface area contributed by atoms with Gasteiger partial charge in [-0.1, -0.05) is 45.3 Å². The van der Waals surface area contributed by atoms with E-state index in [1.807, 2.05) is 6.92 Å². The molecule has 0 radical (unpaired) electrons. The Kier molecular flexibility index (Phi) is 3.73. The summed E-state index contributed by atoms with van der Waals surface area (Å²) < 4.78 is 0. The highest BCUT2D eigenvalue weighted by molar-refractivity contribution is 5.75. The van der Waals surface area contributed by atoms with Crippen LogP contribution in [0.15, 0.2) is 11.6 Å². The van der Waals surface area contributed by atoms with E-state index in [-0.39, 0.29) is 5.41 Å². The largest absolute Gasteiger partial charge is 0.481 e. The van der Waals surface area contributed by atoms with Gasteiger partial charge in [-0.2, -0.15) is 0 Å². The predicted octanol–water partition coefficient (Wildman–Crippen LogP) is 5.43. The van der Waals surface area contributed by atoms with Crippen LogP contribution < -0.4 is 0 Å². The van der Waals surface area contributed by atoms with E-state index in [0.717, 1.165) is 19.3 Å². The van der Waals surface area contributed by atoms with Crippen molar-refractivity contribution >= 4 is 5.97 Å². The summed E-state index contributed by atoms with van der Waals surface area (Å²) in [6.07, 6.45) is 11.6. The monoisotopic (exact) mass is 304 g/mol. The molecule has 2 saturated carbocycles. The molecule has 124 valence electrons. The van der Waals surface area contributed by atoms with Gasteiger partial charge in [0, 0.05) is 0 Å². The van der Waals surface area contributed by atoms with Crippen LogP contribution in [0, 0.1) is 28.1 Å². The minimum atomic E-state index is -0.575. The lowest BCUT2D eigenvalue weighted by atomic mass is 9.45. The second-order valence-corrected chi connectivity index (χ2v) is 9.08. The molecule has 2 nitrogen and oxygen atoms in total. The van der Waals surface area contributed by atoms with Crippen LogP contribution in [0.3, 0.4) is 0 Å². The summed E-state index contributed by atoms with van der Waals surface area (Å²) in [5.74, 6) is 0.366. The molecule has 0 aliphatic heterocycles. The molecule has 3 aliphatic carbocycles. The molecule has 0 unspecified atom stereocenters. The Hall–Kier alpha value is -0.790. The zero-order valence-electron chi connectivity index (χ0n) is 14.7. The van der Waals surface area contributed by atoms with E-state index in [1.165, 1.54) is 32.1 Å². The molecule has 0 aromatic carbocycles. The molecule has 22 heavy (non-hydrogen) atoms. The third-order valence-corrected chi connectivity index (χ3v) is 7.85. The van der Waals surface area contributed by atoms with Crippen LogP contribution in [0.25, 0.3) is 0 Å². The number of allylic oxidation sites excluding steroid dienone is 2. The molecule has 2 heteroatoms. The van der Waals surface area contributed by atoms with Crippen molar-refractivity contribution in [2.45, 2.75) is 79.1 Å². The lowest BCUT2D eigenvalue weighted by Gasteiger charge is -2.58. The first-order valence-corrected chi connectivity index (χ1v) is 9.17. The predicted molar refractivity (Wildman–Crippen MR) is 89.6 cm³/mol. The van der Waals surface area contributed by atoms with Crippen molar-refractivity contribution < 1.29 is 9.90 Å². The van der Waals surface area contributed by atoms with Gasteiger partial charge in [0.05, 0.1) is 5.41 Å². The highest BCUT2D eigenvalue weighted by atomic mass is 16.4. The first kappa shape index (κ1) is 16.1. The van der Waals surface area contributed by atoms with E-state index >= 15 is 0 Å². The summed E-state index contributed by atoms with van der Waals surface area (Å²) in [6, 6.07) is 0. The van der Waals surface area contributed by atoms with Gasteiger partial charge in [-0.05, 0) is 68.1 Å². The fraction of sp³-hybridized carbons (Fsp3) is 0.850. The highest BCUT2D eigenvalue weighted by Crippen LogP contribution is 2.63. The Balaban J connectivity index is 1.96. The molecule has 3 aliphatic rings. The first-order valence-electron chi connectivity index (χ1n) is 9.17. The third kappa shape index (κ3) is 2.17. The summed E-state index contributed by atoms with van der Waals surface area (Å²) in [5.41, 5.74) is 1.80. The number of carbonyl (C=O) groups is 1. The zero-order chi connectivity index (χ0) is 16.2. The van der Waals surface area contributed by atoms with Gasteiger partial charge < -0.3 is 5.11 Å². The van der Waals surface area contributed by atoms with Crippen molar-refractivity contribution in [2.75, 3.05) is 0 Å². The molecule has 1 N–H and O–H groups in total. The van der Waals surface area contributed by atoms with Crippen molar-refractivity contribution in [1.82, 2.24) is 0 Å². The topological polar surface area (TPSA) is 37.3 Å². The lowest BCUT2D eigenvalue weighted by molar-refractivity contribution is -0.163. The molecule has 0 heterocycles. The van der Waals surface area contributed by atoms with Crippen molar-refractivity contribution in [3.8, 4) is 0 Å². The number of rotatable bonds is 2. The van der Waals surface area contributed by atoms with Gasteiger partial charge in [0.2, 0.25) is 0 Å². The molecule has 0 spiro atoms. The van der Waals surface area contributed by atoms with Crippen molar-refractivity contribution in [1.29, 1.82) is 0 Å². The van der Waals surface area contributed by atoms with E-state index in [1.54, 1.807) is 5.57 Å². The van der Waals surface area contributed by atoms with Gasteiger partial charge in [-0.15, -0.1) is 0 Å².